The van der Waals surface area contributed by atoms with Gasteiger partial charge < -0.3 is 23.5 Å². The number of rotatable bonds is 8. The van der Waals surface area contributed by atoms with Gasteiger partial charge in [0, 0.05) is 23.4 Å². The maximum Gasteiger partial charge on any atom is 0.340 e. The normalized spacial score (nSPS) is 11.9. The molecule has 0 atom stereocenters. The molecule has 1 aliphatic rings. The average Bonchev–Trinajstić information content (AvgIpc) is 3.24. The second-order valence-electron chi connectivity index (χ2n) is 8.97. The number of esters is 1. The van der Waals surface area contributed by atoms with Gasteiger partial charge in [0.15, 0.2) is 11.5 Å². The zero-order valence-corrected chi connectivity index (χ0v) is 21.7. The number of fused-ring (bicyclic) bond motifs is 3. The SMILES string of the molecule is CCOC(=O)c1c(-c2cccc(OCc3ccccc3)c2)c(C)n2c1-c1cc(OC)c(OC)cc1CC2. The predicted molar refractivity (Wildman–Crippen MR) is 144 cm³/mol. The van der Waals surface area contributed by atoms with E-state index in [2.05, 4.69) is 11.5 Å². The molecule has 0 unspecified atom stereocenters. The number of hydrogen-bond donors (Lipinski definition) is 0. The molecular weight excluding hydrogens is 466 g/mol. The number of hydrogen-bond acceptors (Lipinski definition) is 5. The molecule has 0 aliphatic carbocycles. The molecule has 0 fully saturated rings. The van der Waals surface area contributed by atoms with E-state index in [1.165, 1.54) is 0 Å². The topological polar surface area (TPSA) is 58.9 Å². The Labute approximate surface area is 217 Å². The van der Waals surface area contributed by atoms with Crippen LogP contribution in [0.5, 0.6) is 17.2 Å². The van der Waals surface area contributed by atoms with Crippen molar-refractivity contribution in [3.8, 4) is 39.6 Å². The van der Waals surface area contributed by atoms with Crippen molar-refractivity contribution in [3.63, 3.8) is 0 Å². The van der Waals surface area contributed by atoms with Crippen LogP contribution >= 0.6 is 0 Å². The number of benzene rings is 3. The maximum atomic E-state index is 13.5. The van der Waals surface area contributed by atoms with Crippen LogP contribution in [0.25, 0.3) is 22.4 Å². The number of carbonyl (C=O) groups is 1. The first-order valence-electron chi connectivity index (χ1n) is 12.5. The second kappa shape index (κ2) is 10.4. The molecular formula is C31H31NO5. The Morgan fingerprint density at radius 2 is 1.70 bits per heavy atom. The second-order valence-corrected chi connectivity index (χ2v) is 8.97. The van der Waals surface area contributed by atoms with E-state index in [-0.39, 0.29) is 5.97 Å². The fraction of sp³-hybridized carbons (Fsp3) is 0.258. The lowest BCUT2D eigenvalue weighted by Crippen LogP contribution is -2.15. The largest absolute Gasteiger partial charge is 0.493 e. The summed E-state index contributed by atoms with van der Waals surface area (Å²) in [5.41, 5.74) is 7.36. The van der Waals surface area contributed by atoms with Gasteiger partial charge in [0.1, 0.15) is 12.4 Å². The van der Waals surface area contributed by atoms with E-state index in [1.54, 1.807) is 14.2 Å². The number of aryl methyl sites for hydroxylation is 1. The van der Waals surface area contributed by atoms with Crippen LogP contribution in [-0.2, 0) is 24.3 Å². The van der Waals surface area contributed by atoms with E-state index in [4.69, 9.17) is 18.9 Å². The minimum absolute atomic E-state index is 0.293. The van der Waals surface area contributed by atoms with Gasteiger partial charge in [0.2, 0.25) is 0 Å². The zero-order valence-electron chi connectivity index (χ0n) is 21.7. The number of methoxy groups -OCH3 is 2. The van der Waals surface area contributed by atoms with Crippen LogP contribution in [0, 0.1) is 6.92 Å². The molecule has 0 saturated carbocycles. The molecule has 0 bridgehead atoms. The summed E-state index contributed by atoms with van der Waals surface area (Å²) in [5, 5.41) is 0. The smallest absolute Gasteiger partial charge is 0.340 e. The van der Waals surface area contributed by atoms with Crippen LogP contribution in [-0.4, -0.2) is 31.4 Å². The zero-order chi connectivity index (χ0) is 25.9. The Balaban J connectivity index is 1.64. The van der Waals surface area contributed by atoms with Gasteiger partial charge in [-0.05, 0) is 61.2 Å². The molecule has 5 rings (SSSR count). The van der Waals surface area contributed by atoms with E-state index >= 15 is 0 Å². The van der Waals surface area contributed by atoms with E-state index in [1.807, 2.05) is 73.7 Å². The Kier molecular flexibility index (Phi) is 6.91. The van der Waals surface area contributed by atoms with Gasteiger partial charge in [0.25, 0.3) is 0 Å². The Morgan fingerprint density at radius 3 is 2.43 bits per heavy atom. The molecule has 0 N–H and O–H groups in total. The molecule has 0 saturated heterocycles. The highest BCUT2D eigenvalue weighted by atomic mass is 16.5. The Hall–Kier alpha value is -4.19. The summed E-state index contributed by atoms with van der Waals surface area (Å²) in [4.78, 5) is 13.5. The molecule has 4 aromatic rings. The summed E-state index contributed by atoms with van der Waals surface area (Å²) in [7, 11) is 3.25. The molecule has 190 valence electrons. The first-order valence-corrected chi connectivity index (χ1v) is 12.5. The third-order valence-corrected chi connectivity index (χ3v) is 6.84. The third kappa shape index (κ3) is 4.55. The van der Waals surface area contributed by atoms with Crippen LogP contribution < -0.4 is 14.2 Å². The summed E-state index contributed by atoms with van der Waals surface area (Å²) >= 11 is 0. The van der Waals surface area contributed by atoms with Crippen molar-refractivity contribution >= 4 is 5.97 Å². The van der Waals surface area contributed by atoms with Gasteiger partial charge in [-0.15, -0.1) is 0 Å². The highest BCUT2D eigenvalue weighted by Crippen LogP contribution is 2.45. The van der Waals surface area contributed by atoms with Crippen molar-refractivity contribution in [3.05, 3.63) is 89.1 Å². The molecule has 1 aromatic heterocycles. The van der Waals surface area contributed by atoms with Gasteiger partial charge in [-0.25, -0.2) is 4.79 Å². The molecule has 2 heterocycles. The molecule has 0 radical (unpaired) electrons. The molecule has 3 aromatic carbocycles. The van der Waals surface area contributed by atoms with Crippen molar-refractivity contribution in [2.75, 3.05) is 20.8 Å². The Morgan fingerprint density at radius 1 is 0.946 bits per heavy atom. The van der Waals surface area contributed by atoms with Crippen molar-refractivity contribution in [2.45, 2.75) is 33.4 Å². The lowest BCUT2D eigenvalue weighted by Gasteiger charge is -2.23. The van der Waals surface area contributed by atoms with Gasteiger partial charge in [-0.1, -0.05) is 42.5 Å². The molecule has 1 aliphatic heterocycles. The highest BCUT2D eigenvalue weighted by Gasteiger charge is 2.32. The minimum atomic E-state index is -0.340. The first-order chi connectivity index (χ1) is 18.0. The number of aromatic nitrogens is 1. The standard InChI is InChI=1S/C31H31NO5/c1-5-36-31(33)29-28(23-12-9-13-24(16-23)37-19-21-10-7-6-8-11-21)20(2)32-15-14-22-17-26(34-3)27(35-4)18-25(22)30(29)32/h6-13,16-18H,5,14-15,19H2,1-4H3. The lowest BCUT2D eigenvalue weighted by molar-refractivity contribution is 0.0528. The summed E-state index contributed by atoms with van der Waals surface area (Å²) in [6.45, 7) is 5.40. The molecule has 6 nitrogen and oxygen atoms in total. The minimum Gasteiger partial charge on any atom is -0.493 e. The van der Waals surface area contributed by atoms with Gasteiger partial charge >= 0.3 is 5.97 Å². The number of carbonyl (C=O) groups excluding carboxylic acids is 1. The van der Waals surface area contributed by atoms with Gasteiger partial charge in [-0.2, -0.15) is 0 Å². The van der Waals surface area contributed by atoms with E-state index in [0.29, 0.717) is 30.3 Å². The third-order valence-electron chi connectivity index (χ3n) is 6.84. The van der Waals surface area contributed by atoms with Gasteiger partial charge in [0.05, 0.1) is 32.1 Å². The molecule has 37 heavy (non-hydrogen) atoms. The molecule has 0 amide bonds. The van der Waals surface area contributed by atoms with E-state index in [0.717, 1.165) is 57.9 Å². The van der Waals surface area contributed by atoms with Crippen LogP contribution in [0.1, 0.15) is 34.1 Å². The summed E-state index contributed by atoms with van der Waals surface area (Å²) in [6, 6.07) is 21.9. The lowest BCUT2D eigenvalue weighted by atomic mass is 9.93. The van der Waals surface area contributed by atoms with Crippen molar-refractivity contribution < 1.29 is 23.7 Å². The highest BCUT2D eigenvalue weighted by molar-refractivity contribution is 6.05. The molecule has 6 heteroatoms. The fourth-order valence-corrected chi connectivity index (χ4v) is 5.11. The predicted octanol–water partition coefficient (Wildman–Crippen LogP) is 6.46. The maximum absolute atomic E-state index is 13.5. The monoisotopic (exact) mass is 497 g/mol. The Bertz CT molecular complexity index is 1440. The fourth-order valence-electron chi connectivity index (χ4n) is 5.11. The average molecular weight is 498 g/mol. The summed E-state index contributed by atoms with van der Waals surface area (Å²) < 4.78 is 25.0. The molecule has 0 spiro atoms. The van der Waals surface area contributed by atoms with Gasteiger partial charge in [-0.3, -0.25) is 0 Å². The number of ether oxygens (including phenoxy) is 4. The summed E-state index contributed by atoms with van der Waals surface area (Å²) in [5.74, 6) is 1.71. The summed E-state index contributed by atoms with van der Waals surface area (Å²) in [6.07, 6.45) is 0.820. The van der Waals surface area contributed by atoms with Crippen molar-refractivity contribution in [1.29, 1.82) is 0 Å². The van der Waals surface area contributed by atoms with Crippen molar-refractivity contribution in [2.24, 2.45) is 0 Å². The van der Waals surface area contributed by atoms with E-state index < -0.39 is 0 Å². The van der Waals surface area contributed by atoms with Crippen LogP contribution in [0.15, 0.2) is 66.7 Å². The quantitative estimate of drug-likeness (QED) is 0.262. The van der Waals surface area contributed by atoms with Crippen LogP contribution in [0.3, 0.4) is 0 Å². The van der Waals surface area contributed by atoms with Crippen molar-refractivity contribution in [1.82, 2.24) is 4.57 Å². The number of nitrogens with zero attached hydrogens (tertiary/aromatic N) is 1. The van der Waals surface area contributed by atoms with E-state index in [9.17, 15) is 4.79 Å². The van der Waals surface area contributed by atoms with Crippen LogP contribution in [0.2, 0.25) is 0 Å². The first kappa shape index (κ1) is 24.5. The van der Waals surface area contributed by atoms with Crippen LogP contribution in [0.4, 0.5) is 0 Å².